The molecule has 1 aliphatic heterocycles. The van der Waals surface area contributed by atoms with Gasteiger partial charge in [0.2, 0.25) is 0 Å². The van der Waals surface area contributed by atoms with Crippen molar-refractivity contribution >= 4 is 48.8 Å². The molecule has 136 valence electrons. The molecule has 1 N–H and O–H groups in total. The molecule has 0 fully saturated rings. The second kappa shape index (κ2) is 6.55. The summed E-state index contributed by atoms with van der Waals surface area (Å²) in [6.45, 7) is 5.58. The third-order valence-electron chi connectivity index (χ3n) is 4.34. The lowest BCUT2D eigenvalue weighted by atomic mass is 10.0. The summed E-state index contributed by atoms with van der Waals surface area (Å²) in [7, 11) is -2.08. The SMILES string of the molecule is CC(C)=C1C(=O)N(C)c2ccc(S(=O)(=O)Nc3ccc(Br)c(C)c3)cc21. The van der Waals surface area contributed by atoms with Gasteiger partial charge in [0.15, 0.2) is 0 Å². The fourth-order valence-electron chi connectivity index (χ4n) is 2.97. The van der Waals surface area contributed by atoms with E-state index in [4.69, 9.17) is 0 Å². The minimum Gasteiger partial charge on any atom is -0.311 e. The molecule has 0 saturated heterocycles. The van der Waals surface area contributed by atoms with E-state index in [-0.39, 0.29) is 10.8 Å². The fraction of sp³-hybridized carbons (Fsp3) is 0.211. The number of hydrogen-bond acceptors (Lipinski definition) is 3. The van der Waals surface area contributed by atoms with Crippen LogP contribution in [0.1, 0.15) is 25.0 Å². The number of carbonyl (C=O) groups is 1. The van der Waals surface area contributed by atoms with Gasteiger partial charge in [0.1, 0.15) is 0 Å². The summed E-state index contributed by atoms with van der Waals surface area (Å²) in [4.78, 5) is 14.1. The van der Waals surface area contributed by atoms with Crippen LogP contribution in [0, 0.1) is 6.92 Å². The van der Waals surface area contributed by atoms with Gasteiger partial charge in [-0.3, -0.25) is 9.52 Å². The van der Waals surface area contributed by atoms with Crippen molar-refractivity contribution in [2.45, 2.75) is 25.7 Å². The summed E-state index contributed by atoms with van der Waals surface area (Å²) in [5.41, 5.74) is 4.18. The van der Waals surface area contributed by atoms with Gasteiger partial charge in [-0.1, -0.05) is 21.5 Å². The van der Waals surface area contributed by atoms with Crippen molar-refractivity contribution in [1.82, 2.24) is 0 Å². The molecule has 26 heavy (non-hydrogen) atoms. The van der Waals surface area contributed by atoms with E-state index in [1.165, 1.54) is 6.07 Å². The van der Waals surface area contributed by atoms with Crippen LogP contribution in [-0.4, -0.2) is 21.4 Å². The number of carbonyl (C=O) groups excluding carboxylic acids is 1. The molecule has 3 rings (SSSR count). The Morgan fingerprint density at radius 3 is 2.42 bits per heavy atom. The summed E-state index contributed by atoms with van der Waals surface area (Å²) in [5.74, 6) is -0.119. The smallest absolute Gasteiger partial charge is 0.261 e. The number of aryl methyl sites for hydroxylation is 1. The van der Waals surface area contributed by atoms with Gasteiger partial charge in [0.05, 0.1) is 10.6 Å². The summed E-state index contributed by atoms with van der Waals surface area (Å²) in [6.07, 6.45) is 0. The number of fused-ring (bicyclic) bond motifs is 1. The van der Waals surface area contributed by atoms with Crippen LogP contribution in [0.25, 0.3) is 5.57 Å². The topological polar surface area (TPSA) is 66.5 Å². The Morgan fingerprint density at radius 1 is 1.12 bits per heavy atom. The highest BCUT2D eigenvalue weighted by atomic mass is 79.9. The standard InChI is InChI=1S/C19H19BrN2O3S/c1-11(2)18-15-10-14(6-8-17(15)22(4)19(18)23)26(24,25)21-13-5-7-16(20)12(3)9-13/h5-10,21H,1-4H3. The van der Waals surface area contributed by atoms with E-state index in [0.717, 1.165) is 15.6 Å². The third kappa shape index (κ3) is 3.17. The number of sulfonamides is 1. The number of amides is 1. The maximum atomic E-state index is 12.8. The number of nitrogens with zero attached hydrogens (tertiary/aromatic N) is 1. The molecule has 0 atom stereocenters. The lowest BCUT2D eigenvalue weighted by Gasteiger charge is -2.12. The molecule has 0 unspecified atom stereocenters. The second-order valence-corrected chi connectivity index (χ2v) is 9.02. The molecule has 0 spiro atoms. The summed E-state index contributed by atoms with van der Waals surface area (Å²) >= 11 is 3.40. The molecule has 5 nitrogen and oxygen atoms in total. The van der Waals surface area contributed by atoms with Crippen molar-refractivity contribution in [3.63, 3.8) is 0 Å². The Balaban J connectivity index is 2.04. The van der Waals surface area contributed by atoms with Crippen LogP contribution in [0.4, 0.5) is 11.4 Å². The van der Waals surface area contributed by atoms with Gasteiger partial charge >= 0.3 is 0 Å². The summed E-state index contributed by atoms with van der Waals surface area (Å²) < 4.78 is 29.1. The Kier molecular flexibility index (Phi) is 4.71. The predicted molar refractivity (Wildman–Crippen MR) is 108 cm³/mol. The van der Waals surface area contributed by atoms with E-state index in [2.05, 4.69) is 20.7 Å². The molecule has 1 amide bonds. The van der Waals surface area contributed by atoms with Crippen LogP contribution in [0.15, 0.2) is 51.3 Å². The number of halogens is 1. The normalized spacial score (nSPS) is 13.8. The van der Waals surface area contributed by atoms with Crippen molar-refractivity contribution in [2.75, 3.05) is 16.7 Å². The molecule has 2 aromatic rings. The van der Waals surface area contributed by atoms with Crippen LogP contribution in [0.5, 0.6) is 0 Å². The number of allylic oxidation sites excluding steroid dienone is 1. The number of anilines is 2. The number of benzene rings is 2. The van der Waals surface area contributed by atoms with Crippen molar-refractivity contribution in [2.24, 2.45) is 0 Å². The van der Waals surface area contributed by atoms with Gasteiger partial charge in [0.25, 0.3) is 15.9 Å². The Hall–Kier alpha value is -2.12. The van der Waals surface area contributed by atoms with Crippen molar-refractivity contribution < 1.29 is 13.2 Å². The minimum atomic E-state index is -3.77. The summed E-state index contributed by atoms with van der Waals surface area (Å²) in [6, 6.07) is 10.0. The van der Waals surface area contributed by atoms with Crippen LogP contribution in [0.2, 0.25) is 0 Å². The van der Waals surface area contributed by atoms with Crippen molar-refractivity contribution in [3.05, 3.63) is 57.6 Å². The highest BCUT2D eigenvalue weighted by molar-refractivity contribution is 9.10. The molecule has 0 radical (unpaired) electrons. The molecule has 0 aromatic heterocycles. The molecule has 1 heterocycles. The fourth-order valence-corrected chi connectivity index (χ4v) is 4.29. The molecular weight excluding hydrogens is 416 g/mol. The summed E-state index contributed by atoms with van der Waals surface area (Å²) in [5, 5.41) is 0. The molecule has 2 aromatic carbocycles. The Morgan fingerprint density at radius 2 is 1.81 bits per heavy atom. The van der Waals surface area contributed by atoms with Gasteiger partial charge in [-0.15, -0.1) is 0 Å². The maximum Gasteiger partial charge on any atom is 0.261 e. The van der Waals surface area contributed by atoms with Crippen LogP contribution in [-0.2, 0) is 14.8 Å². The van der Waals surface area contributed by atoms with E-state index in [1.807, 2.05) is 20.8 Å². The first kappa shape index (κ1) is 18.7. The van der Waals surface area contributed by atoms with Gasteiger partial charge in [0, 0.05) is 28.3 Å². The number of hydrogen-bond donors (Lipinski definition) is 1. The second-order valence-electron chi connectivity index (χ2n) is 6.49. The molecule has 0 saturated carbocycles. The lowest BCUT2D eigenvalue weighted by Crippen LogP contribution is -2.20. The van der Waals surface area contributed by atoms with E-state index >= 15 is 0 Å². The third-order valence-corrected chi connectivity index (χ3v) is 6.61. The quantitative estimate of drug-likeness (QED) is 0.730. The monoisotopic (exact) mass is 434 g/mol. The van der Waals surface area contributed by atoms with Gasteiger partial charge in [-0.05, 0) is 62.7 Å². The predicted octanol–water partition coefficient (Wildman–Crippen LogP) is 4.33. The Labute approximate surface area is 161 Å². The minimum absolute atomic E-state index is 0.119. The first-order valence-electron chi connectivity index (χ1n) is 8.01. The van der Waals surface area contributed by atoms with E-state index in [1.54, 1.807) is 42.3 Å². The van der Waals surface area contributed by atoms with E-state index < -0.39 is 10.0 Å². The highest BCUT2D eigenvalue weighted by Gasteiger charge is 2.32. The molecule has 0 bridgehead atoms. The number of rotatable bonds is 3. The highest BCUT2D eigenvalue weighted by Crippen LogP contribution is 2.39. The van der Waals surface area contributed by atoms with Gasteiger partial charge in [-0.2, -0.15) is 0 Å². The van der Waals surface area contributed by atoms with E-state index in [0.29, 0.717) is 22.5 Å². The van der Waals surface area contributed by atoms with Crippen molar-refractivity contribution in [3.8, 4) is 0 Å². The average Bonchev–Trinajstić information content (AvgIpc) is 2.81. The molecule has 7 heteroatoms. The van der Waals surface area contributed by atoms with Gasteiger partial charge < -0.3 is 4.90 Å². The number of likely N-dealkylation sites (N-methyl/N-ethyl adjacent to an activating group) is 1. The zero-order valence-electron chi connectivity index (χ0n) is 14.9. The largest absolute Gasteiger partial charge is 0.311 e. The zero-order valence-corrected chi connectivity index (χ0v) is 17.3. The lowest BCUT2D eigenvalue weighted by molar-refractivity contribution is -0.112. The number of nitrogens with one attached hydrogen (secondary N) is 1. The van der Waals surface area contributed by atoms with Crippen LogP contribution < -0.4 is 9.62 Å². The average molecular weight is 435 g/mol. The first-order chi connectivity index (χ1) is 12.1. The Bertz CT molecular complexity index is 1050. The first-order valence-corrected chi connectivity index (χ1v) is 10.3. The van der Waals surface area contributed by atoms with Crippen LogP contribution in [0.3, 0.4) is 0 Å². The molecular formula is C19H19BrN2O3S. The van der Waals surface area contributed by atoms with Crippen LogP contribution >= 0.6 is 15.9 Å². The van der Waals surface area contributed by atoms with E-state index in [9.17, 15) is 13.2 Å². The zero-order chi connectivity index (χ0) is 19.2. The molecule has 1 aliphatic rings. The van der Waals surface area contributed by atoms with Gasteiger partial charge in [-0.25, -0.2) is 8.42 Å². The molecule has 0 aliphatic carbocycles. The van der Waals surface area contributed by atoms with Crippen molar-refractivity contribution in [1.29, 1.82) is 0 Å². The maximum absolute atomic E-state index is 12.8.